The van der Waals surface area contributed by atoms with Gasteiger partial charge in [0.2, 0.25) is 0 Å². The molecule has 2 aromatic carbocycles. The summed E-state index contributed by atoms with van der Waals surface area (Å²) in [6.07, 6.45) is 0. The zero-order chi connectivity index (χ0) is 12.4. The van der Waals surface area contributed by atoms with Crippen LogP contribution in [0.1, 0.15) is 0 Å². The average molecular weight is 272 g/mol. The van der Waals surface area contributed by atoms with Crippen molar-refractivity contribution >= 4 is 28.9 Å². The van der Waals surface area contributed by atoms with Gasteiger partial charge in [0, 0.05) is 17.2 Å². The Labute approximate surface area is 108 Å². The van der Waals surface area contributed by atoms with Gasteiger partial charge in [-0.3, -0.25) is 0 Å². The first kappa shape index (κ1) is 12.0. The highest BCUT2D eigenvalue weighted by Gasteiger charge is 2.06. The second-order valence-corrected chi connectivity index (χ2v) is 4.20. The Hall–Kier alpha value is -1.45. The Balaban J connectivity index is 2.31. The van der Waals surface area contributed by atoms with Crippen molar-refractivity contribution in [3.8, 4) is 11.5 Å². The van der Waals surface area contributed by atoms with Crippen LogP contribution in [0.25, 0.3) is 0 Å². The van der Waals surface area contributed by atoms with Crippen molar-refractivity contribution in [2.75, 3.05) is 5.73 Å². The van der Waals surface area contributed by atoms with E-state index in [1.54, 1.807) is 24.3 Å². The monoisotopic (exact) mass is 271 g/mol. The number of nitrogen functional groups attached to an aromatic ring is 1. The minimum absolute atomic E-state index is 0.0383. The number of benzene rings is 2. The molecule has 0 spiro atoms. The van der Waals surface area contributed by atoms with E-state index in [4.69, 9.17) is 33.7 Å². The second kappa shape index (κ2) is 4.82. The molecule has 0 saturated carbocycles. The van der Waals surface area contributed by atoms with E-state index in [9.17, 15) is 4.39 Å². The van der Waals surface area contributed by atoms with E-state index < -0.39 is 5.82 Å². The largest absolute Gasteiger partial charge is 0.455 e. The molecule has 0 amide bonds. The molecule has 0 unspecified atom stereocenters. The molecule has 2 rings (SSSR count). The summed E-state index contributed by atoms with van der Waals surface area (Å²) in [4.78, 5) is 0. The quantitative estimate of drug-likeness (QED) is 0.816. The molecular weight excluding hydrogens is 264 g/mol. The lowest BCUT2D eigenvalue weighted by Crippen LogP contribution is -1.92. The fourth-order valence-corrected chi connectivity index (χ4v) is 1.54. The van der Waals surface area contributed by atoms with Gasteiger partial charge in [-0.2, -0.15) is 0 Å². The molecule has 17 heavy (non-hydrogen) atoms. The fraction of sp³-hybridized carbons (Fsp3) is 0. The van der Waals surface area contributed by atoms with Gasteiger partial charge in [-0.05, 0) is 24.3 Å². The standard InChI is InChI=1S/C12H8Cl2FNO/c13-7-1-4-11(16)12(5-7)17-8-2-3-9(14)10(15)6-8/h1-6H,16H2. The van der Waals surface area contributed by atoms with Crippen LogP contribution in [0, 0.1) is 5.82 Å². The zero-order valence-electron chi connectivity index (χ0n) is 8.58. The zero-order valence-corrected chi connectivity index (χ0v) is 10.1. The Morgan fingerprint density at radius 3 is 2.53 bits per heavy atom. The van der Waals surface area contributed by atoms with Crippen LogP contribution >= 0.6 is 23.2 Å². The topological polar surface area (TPSA) is 35.2 Å². The molecule has 5 heteroatoms. The van der Waals surface area contributed by atoms with Crippen molar-refractivity contribution in [1.29, 1.82) is 0 Å². The molecular formula is C12H8Cl2FNO. The molecule has 0 atom stereocenters. The first-order chi connectivity index (χ1) is 8.06. The smallest absolute Gasteiger partial charge is 0.151 e. The summed E-state index contributed by atoms with van der Waals surface area (Å²) < 4.78 is 18.6. The number of rotatable bonds is 2. The van der Waals surface area contributed by atoms with Crippen LogP contribution in [0.2, 0.25) is 10.0 Å². The van der Waals surface area contributed by atoms with E-state index in [-0.39, 0.29) is 5.02 Å². The van der Waals surface area contributed by atoms with Gasteiger partial charge in [0.15, 0.2) is 5.75 Å². The molecule has 0 aliphatic carbocycles. The van der Waals surface area contributed by atoms with E-state index in [2.05, 4.69) is 0 Å². The summed E-state index contributed by atoms with van der Waals surface area (Å²) in [6, 6.07) is 8.96. The predicted octanol–water partition coefficient (Wildman–Crippen LogP) is 4.51. The summed E-state index contributed by atoms with van der Waals surface area (Å²) in [5, 5.41) is 0.528. The minimum atomic E-state index is -0.551. The Morgan fingerprint density at radius 1 is 1.06 bits per heavy atom. The third-order valence-electron chi connectivity index (χ3n) is 2.09. The molecule has 0 aliphatic heterocycles. The lowest BCUT2D eigenvalue weighted by molar-refractivity contribution is 0.479. The molecule has 88 valence electrons. The predicted molar refractivity (Wildman–Crippen MR) is 67.3 cm³/mol. The van der Waals surface area contributed by atoms with Gasteiger partial charge in [0.25, 0.3) is 0 Å². The van der Waals surface area contributed by atoms with Crippen LogP contribution in [0.4, 0.5) is 10.1 Å². The van der Waals surface area contributed by atoms with Gasteiger partial charge < -0.3 is 10.5 Å². The van der Waals surface area contributed by atoms with Crippen LogP contribution in [0.3, 0.4) is 0 Å². The summed E-state index contributed by atoms with van der Waals surface area (Å²) in [5.74, 6) is 0.129. The van der Waals surface area contributed by atoms with Gasteiger partial charge in [0.05, 0.1) is 10.7 Å². The van der Waals surface area contributed by atoms with Crippen LogP contribution < -0.4 is 10.5 Å². The third kappa shape index (κ3) is 2.81. The van der Waals surface area contributed by atoms with Crippen molar-refractivity contribution in [2.24, 2.45) is 0 Å². The highest BCUT2D eigenvalue weighted by molar-refractivity contribution is 6.31. The molecule has 0 heterocycles. The van der Waals surface area contributed by atoms with E-state index in [0.29, 0.717) is 22.2 Å². The van der Waals surface area contributed by atoms with Crippen LogP contribution in [0.15, 0.2) is 36.4 Å². The number of anilines is 1. The highest BCUT2D eigenvalue weighted by atomic mass is 35.5. The van der Waals surface area contributed by atoms with Crippen molar-refractivity contribution in [2.45, 2.75) is 0 Å². The molecule has 2 N–H and O–H groups in total. The summed E-state index contributed by atoms with van der Waals surface area (Å²) in [5.41, 5.74) is 6.12. The molecule has 2 aromatic rings. The van der Waals surface area contributed by atoms with E-state index in [1.807, 2.05) is 0 Å². The maximum Gasteiger partial charge on any atom is 0.151 e. The van der Waals surface area contributed by atoms with Crippen molar-refractivity contribution in [3.63, 3.8) is 0 Å². The summed E-state index contributed by atoms with van der Waals surface area (Å²) in [6.45, 7) is 0. The lowest BCUT2D eigenvalue weighted by atomic mass is 10.3. The van der Waals surface area contributed by atoms with Crippen molar-refractivity contribution in [1.82, 2.24) is 0 Å². The van der Waals surface area contributed by atoms with E-state index in [1.165, 1.54) is 12.1 Å². The molecule has 0 radical (unpaired) electrons. The number of nitrogens with two attached hydrogens (primary N) is 1. The molecule has 0 bridgehead atoms. The van der Waals surface area contributed by atoms with Crippen molar-refractivity contribution in [3.05, 3.63) is 52.3 Å². The first-order valence-electron chi connectivity index (χ1n) is 4.74. The highest BCUT2D eigenvalue weighted by Crippen LogP contribution is 2.31. The van der Waals surface area contributed by atoms with Gasteiger partial charge in [-0.1, -0.05) is 23.2 Å². The SMILES string of the molecule is Nc1ccc(Cl)cc1Oc1ccc(Cl)c(F)c1. The Bertz CT molecular complexity index is 560. The van der Waals surface area contributed by atoms with Gasteiger partial charge in [-0.25, -0.2) is 4.39 Å². The Kier molecular flexibility index (Phi) is 3.41. The third-order valence-corrected chi connectivity index (χ3v) is 2.64. The molecule has 0 aromatic heterocycles. The number of hydrogen-bond acceptors (Lipinski definition) is 2. The normalized spacial score (nSPS) is 10.3. The number of halogens is 3. The van der Waals surface area contributed by atoms with E-state index >= 15 is 0 Å². The van der Waals surface area contributed by atoms with Gasteiger partial charge in [0.1, 0.15) is 11.6 Å². The maximum absolute atomic E-state index is 13.2. The average Bonchev–Trinajstić information content (AvgIpc) is 2.29. The molecule has 0 fully saturated rings. The molecule has 2 nitrogen and oxygen atoms in total. The fourth-order valence-electron chi connectivity index (χ4n) is 1.26. The Morgan fingerprint density at radius 2 is 1.82 bits per heavy atom. The van der Waals surface area contributed by atoms with E-state index in [0.717, 1.165) is 0 Å². The maximum atomic E-state index is 13.2. The second-order valence-electron chi connectivity index (χ2n) is 3.36. The number of hydrogen-bond donors (Lipinski definition) is 1. The minimum Gasteiger partial charge on any atom is -0.455 e. The van der Waals surface area contributed by atoms with Gasteiger partial charge in [-0.15, -0.1) is 0 Å². The first-order valence-corrected chi connectivity index (χ1v) is 5.50. The molecule has 0 saturated heterocycles. The van der Waals surface area contributed by atoms with Gasteiger partial charge >= 0.3 is 0 Å². The van der Waals surface area contributed by atoms with Crippen molar-refractivity contribution < 1.29 is 9.13 Å². The van der Waals surface area contributed by atoms with Crippen LogP contribution in [0.5, 0.6) is 11.5 Å². The van der Waals surface area contributed by atoms with Crippen LogP contribution in [-0.2, 0) is 0 Å². The number of ether oxygens (including phenoxy) is 1. The lowest BCUT2D eigenvalue weighted by Gasteiger charge is -2.09. The summed E-state index contributed by atoms with van der Waals surface area (Å²) in [7, 11) is 0. The van der Waals surface area contributed by atoms with Crippen LogP contribution in [-0.4, -0.2) is 0 Å². The molecule has 0 aliphatic rings. The summed E-state index contributed by atoms with van der Waals surface area (Å²) >= 11 is 11.4.